The Labute approximate surface area is 184 Å². The quantitative estimate of drug-likeness (QED) is 0.298. The number of amides is 3. The van der Waals surface area contributed by atoms with Crippen molar-refractivity contribution in [3.8, 4) is 0 Å². The summed E-state index contributed by atoms with van der Waals surface area (Å²) in [5, 5.41) is 17.2. The Morgan fingerprint density at radius 2 is 1.63 bits per heavy atom. The van der Waals surface area contributed by atoms with E-state index >= 15 is 0 Å². The van der Waals surface area contributed by atoms with Crippen LogP contribution in [0.1, 0.15) is 45.1 Å². The van der Waals surface area contributed by atoms with Crippen LogP contribution in [0, 0.1) is 5.92 Å². The third-order valence-corrected chi connectivity index (χ3v) is 4.48. The van der Waals surface area contributed by atoms with Crippen molar-refractivity contribution in [1.82, 2.24) is 16.0 Å². The Bertz CT molecular complexity index is 643. The van der Waals surface area contributed by atoms with E-state index in [1.54, 1.807) is 0 Å². The highest BCUT2D eigenvalue weighted by atomic mass is 35.5. The van der Waals surface area contributed by atoms with E-state index in [1.165, 1.54) is 0 Å². The van der Waals surface area contributed by atoms with Crippen LogP contribution in [0.15, 0.2) is 30.3 Å². The molecule has 0 aliphatic rings. The molecule has 0 fully saturated rings. The van der Waals surface area contributed by atoms with E-state index in [0.717, 1.165) is 12.0 Å². The molecule has 1 aromatic carbocycles. The molecule has 0 bridgehead atoms. The van der Waals surface area contributed by atoms with Crippen molar-refractivity contribution in [2.75, 3.05) is 13.1 Å². The van der Waals surface area contributed by atoms with E-state index in [2.05, 4.69) is 29.8 Å². The number of unbranched alkanes of at least 4 members (excludes halogenated alkanes) is 1. The molecule has 0 aromatic heterocycles. The summed E-state index contributed by atoms with van der Waals surface area (Å²) in [6, 6.07) is 6.85. The second-order valence-electron chi connectivity index (χ2n) is 7.51. The predicted molar refractivity (Wildman–Crippen MR) is 120 cm³/mol. The van der Waals surface area contributed by atoms with Crippen molar-refractivity contribution in [2.45, 2.75) is 58.0 Å². The third kappa shape index (κ3) is 11.6. The number of urea groups is 1. The molecule has 0 saturated heterocycles. The van der Waals surface area contributed by atoms with Gasteiger partial charge < -0.3 is 26.8 Å². The van der Waals surface area contributed by atoms with E-state index in [-0.39, 0.29) is 24.7 Å². The lowest BCUT2D eigenvalue weighted by Gasteiger charge is -2.21. The van der Waals surface area contributed by atoms with Gasteiger partial charge in [0.2, 0.25) is 5.91 Å². The summed E-state index contributed by atoms with van der Waals surface area (Å²) >= 11 is 0. The number of rotatable bonds is 13. The summed E-state index contributed by atoms with van der Waals surface area (Å²) in [4.78, 5) is 36.4. The maximum absolute atomic E-state index is 12.6. The summed E-state index contributed by atoms with van der Waals surface area (Å²) in [7, 11) is 0. The number of nitrogens with one attached hydrogen (secondary N) is 3. The van der Waals surface area contributed by atoms with Crippen molar-refractivity contribution >= 4 is 30.3 Å². The molecule has 6 N–H and O–H groups in total. The van der Waals surface area contributed by atoms with Crippen molar-refractivity contribution < 1.29 is 19.5 Å². The molecule has 0 aliphatic carbocycles. The number of carboxylic acids is 1. The van der Waals surface area contributed by atoms with Gasteiger partial charge in [0.05, 0.1) is 0 Å². The lowest BCUT2D eigenvalue weighted by molar-refractivity contribution is -0.139. The average molecular weight is 443 g/mol. The molecule has 0 radical (unpaired) electrons. The molecular formula is C21H35ClN4O4. The van der Waals surface area contributed by atoms with Crippen LogP contribution in [0.2, 0.25) is 0 Å². The van der Waals surface area contributed by atoms with Gasteiger partial charge in [-0.2, -0.15) is 0 Å². The Kier molecular flexibility index (Phi) is 14.3. The lowest BCUT2D eigenvalue weighted by atomic mass is 10.0. The first kappa shape index (κ1) is 27.7. The second kappa shape index (κ2) is 15.5. The molecule has 9 heteroatoms. The Morgan fingerprint density at radius 1 is 1.00 bits per heavy atom. The molecule has 1 rings (SSSR count). The van der Waals surface area contributed by atoms with Gasteiger partial charge in [-0.05, 0) is 43.7 Å². The van der Waals surface area contributed by atoms with E-state index in [4.69, 9.17) is 5.73 Å². The molecule has 8 nitrogen and oxygen atoms in total. The van der Waals surface area contributed by atoms with Crippen molar-refractivity contribution in [1.29, 1.82) is 0 Å². The maximum atomic E-state index is 12.6. The van der Waals surface area contributed by atoms with E-state index in [0.29, 0.717) is 38.3 Å². The molecule has 30 heavy (non-hydrogen) atoms. The van der Waals surface area contributed by atoms with Crippen molar-refractivity contribution in [3.05, 3.63) is 35.9 Å². The van der Waals surface area contributed by atoms with E-state index in [1.807, 2.05) is 30.3 Å². The van der Waals surface area contributed by atoms with Crippen molar-refractivity contribution in [2.24, 2.45) is 11.7 Å². The molecule has 2 atom stereocenters. The minimum Gasteiger partial charge on any atom is -0.480 e. The Hall–Kier alpha value is -2.32. The normalized spacial score (nSPS) is 12.4. The van der Waals surface area contributed by atoms with Gasteiger partial charge in [0.25, 0.3) is 0 Å². The smallest absolute Gasteiger partial charge is 0.326 e. The molecule has 0 aliphatic heterocycles. The summed E-state index contributed by atoms with van der Waals surface area (Å²) in [6.07, 6.45) is 2.70. The Balaban J connectivity index is 0.00000841. The SMILES string of the molecule is CC(C)CCNC(=O)[C@@H](Cc1ccccc1)NC(=O)NC(CCCCN)C(=O)O.Cl. The third-order valence-electron chi connectivity index (χ3n) is 4.48. The maximum Gasteiger partial charge on any atom is 0.326 e. The Morgan fingerprint density at radius 3 is 2.20 bits per heavy atom. The van der Waals surface area contributed by atoms with Crippen LogP contribution < -0.4 is 21.7 Å². The largest absolute Gasteiger partial charge is 0.480 e. The summed E-state index contributed by atoms with van der Waals surface area (Å²) in [5.74, 6) is -0.957. The highest BCUT2D eigenvalue weighted by Gasteiger charge is 2.24. The fraction of sp³-hybridized carbons (Fsp3) is 0.571. The molecule has 1 aromatic rings. The zero-order chi connectivity index (χ0) is 21.6. The molecule has 1 unspecified atom stereocenters. The number of halogens is 1. The fourth-order valence-electron chi connectivity index (χ4n) is 2.77. The van der Waals surface area contributed by atoms with Crippen LogP contribution in [0.3, 0.4) is 0 Å². The minimum absolute atomic E-state index is 0. The van der Waals surface area contributed by atoms with Crippen molar-refractivity contribution in [3.63, 3.8) is 0 Å². The zero-order valence-corrected chi connectivity index (χ0v) is 18.5. The van der Waals surface area contributed by atoms with E-state index < -0.39 is 24.1 Å². The van der Waals surface area contributed by atoms with Gasteiger partial charge in [-0.3, -0.25) is 4.79 Å². The van der Waals surface area contributed by atoms with E-state index in [9.17, 15) is 19.5 Å². The first-order valence-electron chi connectivity index (χ1n) is 10.1. The lowest BCUT2D eigenvalue weighted by Crippen LogP contribution is -2.54. The predicted octanol–water partition coefficient (Wildman–Crippen LogP) is 2.06. The van der Waals surface area contributed by atoms with Gasteiger partial charge in [-0.1, -0.05) is 44.2 Å². The van der Waals surface area contributed by atoms with Gasteiger partial charge in [0.1, 0.15) is 12.1 Å². The summed E-state index contributed by atoms with van der Waals surface area (Å²) in [6.45, 7) is 5.11. The van der Waals surface area contributed by atoms with Crippen LogP contribution in [0.4, 0.5) is 4.79 Å². The second-order valence-corrected chi connectivity index (χ2v) is 7.51. The zero-order valence-electron chi connectivity index (χ0n) is 17.7. The highest BCUT2D eigenvalue weighted by molar-refractivity contribution is 5.89. The number of carbonyl (C=O) groups excluding carboxylic acids is 2. The molecule has 170 valence electrons. The number of aliphatic carboxylic acids is 1. The number of hydrogen-bond acceptors (Lipinski definition) is 4. The summed E-state index contributed by atoms with van der Waals surface area (Å²) < 4.78 is 0. The standard InChI is InChI=1S/C21H34N4O4.ClH/c1-15(2)11-13-23-19(26)18(14-16-8-4-3-5-9-16)25-21(29)24-17(20(27)28)10-6-7-12-22;/h3-5,8-9,15,17-18H,6-7,10-14,22H2,1-2H3,(H,23,26)(H,27,28)(H2,24,25,29);1H/t17?,18-;/m1./s1. The topological polar surface area (TPSA) is 134 Å². The molecule has 0 saturated carbocycles. The molecule has 0 heterocycles. The number of benzene rings is 1. The van der Waals surface area contributed by atoms with Crippen LogP contribution in [0.25, 0.3) is 0 Å². The van der Waals surface area contributed by atoms with Crippen LogP contribution >= 0.6 is 12.4 Å². The monoisotopic (exact) mass is 442 g/mol. The number of hydrogen-bond donors (Lipinski definition) is 5. The summed E-state index contributed by atoms with van der Waals surface area (Å²) in [5.41, 5.74) is 6.33. The highest BCUT2D eigenvalue weighted by Crippen LogP contribution is 2.05. The van der Waals surface area contributed by atoms with Gasteiger partial charge in [-0.15, -0.1) is 12.4 Å². The fourth-order valence-corrected chi connectivity index (χ4v) is 2.77. The van der Waals surface area contributed by atoms with Crippen LogP contribution in [-0.2, 0) is 16.0 Å². The van der Waals surface area contributed by atoms with Crippen LogP contribution in [-0.4, -0.2) is 48.2 Å². The first-order valence-corrected chi connectivity index (χ1v) is 10.1. The van der Waals surface area contributed by atoms with Gasteiger partial charge in [0, 0.05) is 13.0 Å². The van der Waals surface area contributed by atoms with Gasteiger partial charge >= 0.3 is 12.0 Å². The number of carbonyl (C=O) groups is 3. The molecular weight excluding hydrogens is 408 g/mol. The van der Waals surface area contributed by atoms with Crippen LogP contribution in [0.5, 0.6) is 0 Å². The average Bonchev–Trinajstić information content (AvgIpc) is 2.67. The van der Waals surface area contributed by atoms with Gasteiger partial charge in [-0.25, -0.2) is 9.59 Å². The molecule has 3 amide bonds. The first-order chi connectivity index (χ1) is 13.8. The van der Waals surface area contributed by atoms with Gasteiger partial charge in [0.15, 0.2) is 0 Å². The number of nitrogens with two attached hydrogens (primary N) is 1. The minimum atomic E-state index is -1.11. The molecule has 0 spiro atoms. The number of carboxylic acid groups (broad SMARTS) is 1.